The molecule has 1 saturated carbocycles. The molecule has 0 saturated heterocycles. The minimum Gasteiger partial charge on any atom is -0.332 e. The SMILES string of the molecule is O=C(NCc1cc(C(F)(F)F)nn1-c1cccc(Cl)c1)Nc1ccc(C2CC2)c(F)c1. The number of carbonyl (C=O) groups excluding carboxylic acids is 1. The average Bonchev–Trinajstić information content (AvgIpc) is 3.43. The standard InChI is InChI=1S/C21H17ClF4N4O/c22-13-2-1-3-15(8-13)30-16(10-19(29-30)21(24,25)26)11-27-20(31)28-14-6-7-17(12-4-5-12)18(23)9-14/h1-3,6-10,12H,4-5,11H2,(H2,27,28,31). The van der Waals surface area contributed by atoms with E-state index in [0.717, 1.165) is 23.6 Å². The Morgan fingerprint density at radius 2 is 1.94 bits per heavy atom. The topological polar surface area (TPSA) is 59.0 Å². The van der Waals surface area contributed by atoms with Gasteiger partial charge in [0.1, 0.15) is 5.82 Å². The molecule has 10 heteroatoms. The zero-order valence-corrected chi connectivity index (χ0v) is 16.8. The minimum atomic E-state index is -4.65. The third-order valence-electron chi connectivity index (χ3n) is 4.83. The summed E-state index contributed by atoms with van der Waals surface area (Å²) in [5.41, 5.74) is 0.190. The molecule has 0 spiro atoms. The van der Waals surface area contributed by atoms with Crippen LogP contribution < -0.4 is 10.6 Å². The van der Waals surface area contributed by atoms with Gasteiger partial charge in [0, 0.05) is 10.7 Å². The van der Waals surface area contributed by atoms with Crippen molar-refractivity contribution in [3.63, 3.8) is 0 Å². The van der Waals surface area contributed by atoms with Crippen LogP contribution in [0.2, 0.25) is 5.02 Å². The van der Waals surface area contributed by atoms with Crippen LogP contribution in [0.25, 0.3) is 5.69 Å². The second-order valence-corrected chi connectivity index (χ2v) is 7.67. The van der Waals surface area contributed by atoms with Gasteiger partial charge in [-0.1, -0.05) is 23.7 Å². The van der Waals surface area contributed by atoms with Crippen molar-refractivity contribution in [2.24, 2.45) is 0 Å². The summed E-state index contributed by atoms with van der Waals surface area (Å²) in [5, 5.41) is 8.89. The minimum absolute atomic E-state index is 0.0972. The first-order valence-electron chi connectivity index (χ1n) is 9.47. The van der Waals surface area contributed by atoms with Crippen molar-refractivity contribution in [3.8, 4) is 5.69 Å². The van der Waals surface area contributed by atoms with E-state index in [1.807, 2.05) is 0 Å². The van der Waals surface area contributed by atoms with Crippen molar-refractivity contribution in [1.82, 2.24) is 15.1 Å². The van der Waals surface area contributed by atoms with Crippen molar-refractivity contribution in [2.75, 3.05) is 5.32 Å². The lowest BCUT2D eigenvalue weighted by Crippen LogP contribution is -2.29. The Morgan fingerprint density at radius 1 is 1.16 bits per heavy atom. The first kappa shape index (κ1) is 21.2. The lowest BCUT2D eigenvalue weighted by atomic mass is 10.1. The molecule has 4 rings (SSSR count). The third-order valence-corrected chi connectivity index (χ3v) is 5.07. The van der Waals surface area contributed by atoms with Crippen molar-refractivity contribution in [2.45, 2.75) is 31.5 Å². The highest BCUT2D eigenvalue weighted by Gasteiger charge is 2.35. The molecular weight excluding hydrogens is 436 g/mol. The second kappa shape index (κ2) is 8.22. The number of alkyl halides is 3. The molecule has 1 heterocycles. The maximum atomic E-state index is 14.1. The molecule has 2 aromatic carbocycles. The van der Waals surface area contributed by atoms with Crippen molar-refractivity contribution >= 4 is 23.3 Å². The maximum absolute atomic E-state index is 14.1. The average molecular weight is 453 g/mol. The predicted molar refractivity (Wildman–Crippen MR) is 108 cm³/mol. The normalized spacial score (nSPS) is 13.8. The van der Waals surface area contributed by atoms with E-state index in [9.17, 15) is 22.4 Å². The number of nitrogens with one attached hydrogen (secondary N) is 2. The van der Waals surface area contributed by atoms with Crippen LogP contribution in [-0.2, 0) is 12.7 Å². The Labute approximate surface area is 180 Å². The molecule has 0 atom stereocenters. The molecule has 0 radical (unpaired) electrons. The summed E-state index contributed by atoms with van der Waals surface area (Å²) in [6.07, 6.45) is -2.75. The fraction of sp³-hybridized carbons (Fsp3) is 0.238. The molecule has 3 aromatic rings. The monoisotopic (exact) mass is 452 g/mol. The number of hydrogen-bond donors (Lipinski definition) is 2. The van der Waals surface area contributed by atoms with E-state index in [1.54, 1.807) is 30.3 Å². The molecule has 0 unspecified atom stereocenters. The highest BCUT2D eigenvalue weighted by atomic mass is 35.5. The van der Waals surface area contributed by atoms with E-state index in [-0.39, 0.29) is 23.8 Å². The summed E-state index contributed by atoms with van der Waals surface area (Å²) in [6, 6.07) is 10.8. The molecule has 0 bridgehead atoms. The van der Waals surface area contributed by atoms with E-state index in [0.29, 0.717) is 16.3 Å². The van der Waals surface area contributed by atoms with Gasteiger partial charge in [-0.15, -0.1) is 0 Å². The van der Waals surface area contributed by atoms with E-state index >= 15 is 0 Å². The van der Waals surface area contributed by atoms with Crippen LogP contribution in [0.15, 0.2) is 48.5 Å². The lowest BCUT2D eigenvalue weighted by molar-refractivity contribution is -0.141. The van der Waals surface area contributed by atoms with Crippen molar-refractivity contribution in [3.05, 3.63) is 76.3 Å². The number of benzene rings is 2. The maximum Gasteiger partial charge on any atom is 0.435 e. The van der Waals surface area contributed by atoms with Crippen LogP contribution in [0.3, 0.4) is 0 Å². The Bertz CT molecular complexity index is 1120. The Balaban J connectivity index is 1.49. The zero-order chi connectivity index (χ0) is 22.2. The fourth-order valence-electron chi connectivity index (χ4n) is 3.19. The predicted octanol–water partition coefficient (Wildman–Crippen LogP) is 5.88. The van der Waals surface area contributed by atoms with E-state index in [2.05, 4.69) is 15.7 Å². The molecule has 162 valence electrons. The van der Waals surface area contributed by atoms with Gasteiger partial charge >= 0.3 is 12.2 Å². The smallest absolute Gasteiger partial charge is 0.332 e. The number of anilines is 1. The van der Waals surface area contributed by atoms with Crippen molar-refractivity contribution in [1.29, 1.82) is 0 Å². The summed E-state index contributed by atoms with van der Waals surface area (Å²) in [7, 11) is 0. The Kier molecular flexibility index (Phi) is 5.62. The molecule has 1 fully saturated rings. The largest absolute Gasteiger partial charge is 0.435 e. The van der Waals surface area contributed by atoms with E-state index in [4.69, 9.17) is 11.6 Å². The van der Waals surface area contributed by atoms with E-state index < -0.39 is 23.7 Å². The highest BCUT2D eigenvalue weighted by Crippen LogP contribution is 2.41. The molecule has 1 aliphatic carbocycles. The summed E-state index contributed by atoms with van der Waals surface area (Å²) in [5.74, 6) is -0.161. The number of hydrogen-bond acceptors (Lipinski definition) is 2. The van der Waals surface area contributed by atoms with Crippen LogP contribution in [0.4, 0.5) is 28.0 Å². The molecule has 1 aromatic heterocycles. The van der Waals surface area contributed by atoms with Gasteiger partial charge in [0.25, 0.3) is 0 Å². The number of amides is 2. The highest BCUT2D eigenvalue weighted by molar-refractivity contribution is 6.30. The van der Waals surface area contributed by atoms with Gasteiger partial charge in [-0.2, -0.15) is 18.3 Å². The van der Waals surface area contributed by atoms with Gasteiger partial charge in [-0.3, -0.25) is 0 Å². The summed E-state index contributed by atoms with van der Waals surface area (Å²) < 4.78 is 54.7. The van der Waals surface area contributed by atoms with Gasteiger partial charge in [0.05, 0.1) is 17.9 Å². The van der Waals surface area contributed by atoms with Gasteiger partial charge in [-0.25, -0.2) is 13.9 Å². The molecule has 0 aliphatic heterocycles. The Hall–Kier alpha value is -3.07. The molecule has 2 amide bonds. The number of rotatable bonds is 5. The quantitative estimate of drug-likeness (QED) is 0.475. The van der Waals surface area contributed by atoms with Gasteiger partial charge < -0.3 is 10.6 Å². The molecule has 1 aliphatic rings. The van der Waals surface area contributed by atoms with Crippen LogP contribution in [0.1, 0.15) is 35.7 Å². The molecule has 5 nitrogen and oxygen atoms in total. The first-order valence-corrected chi connectivity index (χ1v) is 9.85. The summed E-state index contributed by atoms with van der Waals surface area (Å²) >= 11 is 5.94. The third kappa shape index (κ3) is 4.99. The molecule has 2 N–H and O–H groups in total. The lowest BCUT2D eigenvalue weighted by Gasteiger charge is -2.11. The van der Waals surface area contributed by atoms with Crippen LogP contribution in [0, 0.1) is 5.82 Å². The van der Waals surface area contributed by atoms with Crippen molar-refractivity contribution < 1.29 is 22.4 Å². The zero-order valence-electron chi connectivity index (χ0n) is 16.0. The number of nitrogens with zero attached hydrogens (tertiary/aromatic N) is 2. The fourth-order valence-corrected chi connectivity index (χ4v) is 3.38. The summed E-state index contributed by atoms with van der Waals surface area (Å²) in [4.78, 5) is 12.2. The van der Waals surface area contributed by atoms with Crippen LogP contribution >= 0.6 is 11.6 Å². The van der Waals surface area contributed by atoms with Gasteiger partial charge in [0.2, 0.25) is 0 Å². The van der Waals surface area contributed by atoms with Crippen LogP contribution in [-0.4, -0.2) is 15.8 Å². The number of urea groups is 1. The molecular formula is C21H17ClF4N4O. The van der Waals surface area contributed by atoms with E-state index in [1.165, 1.54) is 12.1 Å². The van der Waals surface area contributed by atoms with Crippen LogP contribution in [0.5, 0.6) is 0 Å². The molecule has 31 heavy (non-hydrogen) atoms. The van der Waals surface area contributed by atoms with Gasteiger partial charge in [0.15, 0.2) is 5.69 Å². The Morgan fingerprint density at radius 3 is 2.58 bits per heavy atom. The number of carbonyl (C=O) groups is 1. The number of halogens is 5. The van der Waals surface area contributed by atoms with Gasteiger partial charge in [-0.05, 0) is 60.7 Å². The number of aromatic nitrogens is 2. The second-order valence-electron chi connectivity index (χ2n) is 7.23. The summed E-state index contributed by atoms with van der Waals surface area (Å²) in [6.45, 7) is -0.246. The first-order chi connectivity index (χ1) is 14.7.